The Kier molecular flexibility index (Phi) is 1.07. The van der Waals surface area contributed by atoms with Gasteiger partial charge in [-0.3, -0.25) is 0 Å². The molecule has 1 aliphatic carbocycles. The third-order valence-corrected chi connectivity index (χ3v) is 1.82. The molecule has 2 nitrogen and oxygen atoms in total. The second kappa shape index (κ2) is 1.90. The Morgan fingerprint density at radius 3 is 3.20 bits per heavy atom. The number of hydrogen-bond donors (Lipinski definition) is 2. The lowest BCUT2D eigenvalue weighted by atomic mass is 10.1. The van der Waals surface area contributed by atoms with Gasteiger partial charge in [0.1, 0.15) is 5.76 Å². The first-order valence-electron chi connectivity index (χ1n) is 3.43. The first-order chi connectivity index (χ1) is 4.88. The normalized spacial score (nSPS) is 16.2. The van der Waals surface area contributed by atoms with Crippen LogP contribution < -0.4 is 10.6 Å². The van der Waals surface area contributed by atoms with Crippen LogP contribution in [0.2, 0.25) is 0 Å². The van der Waals surface area contributed by atoms with Gasteiger partial charge in [-0.25, -0.2) is 0 Å². The van der Waals surface area contributed by atoms with Gasteiger partial charge in [0, 0.05) is 23.2 Å². The molecular weight excluding hydrogens is 126 g/mol. The average molecular weight is 135 g/mol. The maximum absolute atomic E-state index is 9.33. The van der Waals surface area contributed by atoms with E-state index in [0.29, 0.717) is 5.76 Å². The Hall–Kier alpha value is -1.18. The van der Waals surface area contributed by atoms with E-state index in [4.69, 9.17) is 0 Å². The highest BCUT2D eigenvalue weighted by atomic mass is 16.3. The number of aliphatic hydroxyl groups is 1. The van der Waals surface area contributed by atoms with Crippen molar-refractivity contribution in [2.24, 2.45) is 0 Å². The number of aromatic nitrogens is 1. The Labute approximate surface area is 58.5 Å². The number of fused-ring (bicyclic) bond motifs is 1. The van der Waals surface area contributed by atoms with Crippen LogP contribution in [0.1, 0.15) is 12.8 Å². The van der Waals surface area contributed by atoms with Crippen LogP contribution in [0.15, 0.2) is 12.3 Å². The minimum absolute atomic E-state index is 0.513. The van der Waals surface area contributed by atoms with Crippen molar-refractivity contribution in [2.75, 3.05) is 0 Å². The van der Waals surface area contributed by atoms with E-state index in [9.17, 15) is 5.11 Å². The van der Waals surface area contributed by atoms with Crippen molar-refractivity contribution in [3.63, 3.8) is 0 Å². The Bertz CT molecular complexity index is 348. The lowest BCUT2D eigenvalue weighted by Crippen LogP contribution is -2.27. The molecule has 2 rings (SSSR count). The van der Waals surface area contributed by atoms with E-state index in [1.54, 1.807) is 0 Å². The molecule has 1 aromatic rings. The molecule has 10 heavy (non-hydrogen) atoms. The Morgan fingerprint density at radius 1 is 1.50 bits per heavy atom. The molecule has 0 atom stereocenters. The minimum Gasteiger partial charge on any atom is -0.512 e. The number of aromatic amines is 1. The monoisotopic (exact) mass is 135 g/mol. The fourth-order valence-corrected chi connectivity index (χ4v) is 1.29. The summed E-state index contributed by atoms with van der Waals surface area (Å²) < 4.78 is 0. The van der Waals surface area contributed by atoms with Crippen LogP contribution in [0.4, 0.5) is 0 Å². The molecule has 0 aromatic carbocycles. The summed E-state index contributed by atoms with van der Waals surface area (Å²) in [6.45, 7) is 0. The van der Waals surface area contributed by atoms with Crippen molar-refractivity contribution < 1.29 is 5.11 Å². The molecule has 0 radical (unpaired) electrons. The zero-order chi connectivity index (χ0) is 6.97. The third-order valence-electron chi connectivity index (χ3n) is 1.82. The highest BCUT2D eigenvalue weighted by Gasteiger charge is 2.00. The van der Waals surface area contributed by atoms with Crippen LogP contribution in [0.25, 0.3) is 11.8 Å². The van der Waals surface area contributed by atoms with E-state index < -0.39 is 0 Å². The van der Waals surface area contributed by atoms with E-state index in [-0.39, 0.29) is 0 Å². The molecule has 1 heterocycles. The molecule has 0 unspecified atom stereocenters. The number of H-pyrrole nitrogens is 1. The predicted octanol–water partition coefficient (Wildman–Crippen LogP) is 0.255. The highest BCUT2D eigenvalue weighted by molar-refractivity contribution is 5.42. The fraction of sp³-hybridized carbons (Fsp3) is 0.250. The van der Waals surface area contributed by atoms with E-state index in [0.717, 1.165) is 23.4 Å². The van der Waals surface area contributed by atoms with E-state index in [2.05, 4.69) is 11.1 Å². The van der Waals surface area contributed by atoms with Gasteiger partial charge in [0.25, 0.3) is 0 Å². The molecule has 0 amide bonds. The van der Waals surface area contributed by atoms with Gasteiger partial charge in [0.15, 0.2) is 0 Å². The lowest BCUT2D eigenvalue weighted by Gasteiger charge is -1.99. The lowest BCUT2D eigenvalue weighted by molar-refractivity contribution is 0.478. The largest absolute Gasteiger partial charge is 0.512 e. The van der Waals surface area contributed by atoms with E-state index >= 15 is 0 Å². The maximum Gasteiger partial charge on any atom is 0.102 e. The second-order valence-electron chi connectivity index (χ2n) is 2.49. The van der Waals surface area contributed by atoms with Gasteiger partial charge in [-0.15, -0.1) is 0 Å². The molecule has 1 aliphatic rings. The first kappa shape index (κ1) is 5.59. The van der Waals surface area contributed by atoms with Crippen LogP contribution in [-0.2, 0) is 0 Å². The van der Waals surface area contributed by atoms with Crippen LogP contribution in [0.3, 0.4) is 0 Å². The summed E-state index contributed by atoms with van der Waals surface area (Å²) in [5, 5.41) is 11.4. The quantitative estimate of drug-likeness (QED) is 0.525. The summed E-state index contributed by atoms with van der Waals surface area (Å²) >= 11 is 0. The predicted molar refractivity (Wildman–Crippen MR) is 39.8 cm³/mol. The van der Waals surface area contributed by atoms with Crippen molar-refractivity contribution in [3.05, 3.63) is 22.8 Å². The molecule has 1 aromatic heterocycles. The van der Waals surface area contributed by atoms with Gasteiger partial charge in [0.05, 0.1) is 0 Å². The Balaban J connectivity index is 2.91. The molecule has 0 saturated carbocycles. The van der Waals surface area contributed by atoms with E-state index in [1.165, 1.54) is 0 Å². The number of rotatable bonds is 0. The molecule has 0 spiro atoms. The fourth-order valence-electron chi connectivity index (χ4n) is 1.29. The summed E-state index contributed by atoms with van der Waals surface area (Å²) in [6, 6.07) is 1.90. The van der Waals surface area contributed by atoms with Gasteiger partial charge >= 0.3 is 0 Å². The van der Waals surface area contributed by atoms with Crippen LogP contribution in [-0.4, -0.2) is 10.1 Å². The highest BCUT2D eigenvalue weighted by Crippen LogP contribution is 2.02. The van der Waals surface area contributed by atoms with Crippen LogP contribution in [0, 0.1) is 0 Å². The minimum atomic E-state index is 0.513. The summed E-state index contributed by atoms with van der Waals surface area (Å²) in [5.41, 5.74) is 0. The van der Waals surface area contributed by atoms with Gasteiger partial charge < -0.3 is 10.1 Å². The Morgan fingerprint density at radius 2 is 2.40 bits per heavy atom. The summed E-state index contributed by atoms with van der Waals surface area (Å²) in [4.78, 5) is 3.05. The number of aliphatic hydroxyl groups excluding tert-OH is 1. The van der Waals surface area contributed by atoms with Crippen LogP contribution in [0.5, 0.6) is 0 Å². The smallest absolute Gasteiger partial charge is 0.102 e. The average Bonchev–Trinajstić information content (AvgIpc) is 2.36. The first-order valence-corrected chi connectivity index (χ1v) is 3.43. The SMILES string of the molecule is OC1=c2cc[nH]c2=CCC1. The molecule has 0 aliphatic heterocycles. The summed E-state index contributed by atoms with van der Waals surface area (Å²) in [5.74, 6) is 0.513. The van der Waals surface area contributed by atoms with E-state index in [1.807, 2.05) is 12.3 Å². The number of nitrogens with one attached hydrogen (secondary N) is 1. The van der Waals surface area contributed by atoms with Crippen molar-refractivity contribution in [1.29, 1.82) is 0 Å². The second-order valence-corrected chi connectivity index (χ2v) is 2.49. The zero-order valence-corrected chi connectivity index (χ0v) is 5.59. The summed E-state index contributed by atoms with van der Waals surface area (Å²) in [6.07, 6.45) is 5.68. The molecule has 0 saturated heterocycles. The molecule has 0 fully saturated rings. The molecule has 0 bridgehead atoms. The maximum atomic E-state index is 9.33. The molecule has 2 N–H and O–H groups in total. The van der Waals surface area contributed by atoms with Gasteiger partial charge in [0.2, 0.25) is 0 Å². The van der Waals surface area contributed by atoms with Crippen molar-refractivity contribution in [2.45, 2.75) is 12.8 Å². The van der Waals surface area contributed by atoms with Gasteiger partial charge in [-0.1, -0.05) is 6.08 Å². The van der Waals surface area contributed by atoms with Crippen molar-refractivity contribution in [1.82, 2.24) is 4.98 Å². The molecular formula is C8H9NO. The summed E-state index contributed by atoms with van der Waals surface area (Å²) in [7, 11) is 0. The van der Waals surface area contributed by atoms with Crippen molar-refractivity contribution >= 4 is 11.8 Å². The van der Waals surface area contributed by atoms with Crippen LogP contribution >= 0.6 is 0 Å². The molecule has 52 valence electrons. The topological polar surface area (TPSA) is 36.0 Å². The standard InChI is InChI=1S/C8H9NO/c10-8-3-1-2-7-6(8)4-5-9-7/h2,4-5,9-10H,1,3H2. The third kappa shape index (κ3) is 0.652. The number of hydrogen-bond acceptors (Lipinski definition) is 1. The van der Waals surface area contributed by atoms with Gasteiger partial charge in [-0.2, -0.15) is 0 Å². The molecule has 2 heteroatoms. The van der Waals surface area contributed by atoms with Crippen molar-refractivity contribution in [3.8, 4) is 0 Å². The zero-order valence-electron chi connectivity index (χ0n) is 5.59. The van der Waals surface area contributed by atoms with Gasteiger partial charge in [-0.05, 0) is 12.5 Å².